The lowest BCUT2D eigenvalue weighted by atomic mass is 10.0. The summed E-state index contributed by atoms with van der Waals surface area (Å²) >= 11 is 0. The number of allylic oxidation sites excluding steroid dienone is 3. The van der Waals surface area contributed by atoms with E-state index >= 15 is 0 Å². The first-order chi connectivity index (χ1) is 3.93. The molecule has 0 bridgehead atoms. The fourth-order valence-electron chi connectivity index (χ4n) is 0.905. The highest BCUT2D eigenvalue weighted by atomic mass is 14.0. The lowest BCUT2D eigenvalue weighted by Gasteiger charge is -2.06. The van der Waals surface area contributed by atoms with Crippen molar-refractivity contribution in [2.45, 2.75) is 19.3 Å². The van der Waals surface area contributed by atoms with Crippen molar-refractivity contribution in [2.75, 3.05) is 0 Å². The molecule has 0 N–H and O–H groups in total. The Kier molecular flexibility index (Phi) is 1.90. The molecule has 0 saturated carbocycles. The maximum Gasteiger partial charge on any atom is -0.0251 e. The molecule has 43 valence electrons. The molecule has 8 heavy (non-hydrogen) atoms. The Morgan fingerprint density at radius 2 is 2.38 bits per heavy atom. The lowest BCUT2D eigenvalue weighted by Crippen LogP contribution is -1.87. The van der Waals surface area contributed by atoms with E-state index in [1.165, 1.54) is 18.4 Å². The van der Waals surface area contributed by atoms with Crippen LogP contribution in [-0.4, -0.2) is 0 Å². The second-order valence-corrected chi connectivity index (χ2v) is 2.05. The monoisotopic (exact) mass is 107 g/mol. The van der Waals surface area contributed by atoms with Gasteiger partial charge in [-0.3, -0.25) is 0 Å². The minimum absolute atomic E-state index is 1.13. The van der Waals surface area contributed by atoms with Gasteiger partial charge in [-0.25, -0.2) is 0 Å². The Hall–Kier alpha value is -0.520. The Bertz CT molecular complexity index is 109. The van der Waals surface area contributed by atoms with Crippen LogP contribution in [0.5, 0.6) is 0 Å². The van der Waals surface area contributed by atoms with Gasteiger partial charge in [0.05, 0.1) is 0 Å². The summed E-state index contributed by atoms with van der Waals surface area (Å²) in [4.78, 5) is 0. The molecule has 0 heteroatoms. The molecule has 1 radical (unpaired) electrons. The zero-order chi connectivity index (χ0) is 5.82. The van der Waals surface area contributed by atoms with Crippen molar-refractivity contribution in [1.29, 1.82) is 0 Å². The summed E-state index contributed by atoms with van der Waals surface area (Å²) in [6.07, 6.45) is 10.1. The van der Waals surface area contributed by atoms with E-state index in [1.54, 1.807) is 0 Å². The fraction of sp³-hybridized carbons (Fsp3) is 0.375. The fourth-order valence-corrected chi connectivity index (χ4v) is 0.905. The standard InChI is InChI=1S/C8H11/c1-2-8-6-4-3-5-7-8/h2,4,7H,1,3,5-6H2. The first kappa shape index (κ1) is 5.61. The highest BCUT2D eigenvalue weighted by molar-refractivity contribution is 5.20. The maximum atomic E-state index is 3.70. The van der Waals surface area contributed by atoms with E-state index in [0.29, 0.717) is 0 Å². The summed E-state index contributed by atoms with van der Waals surface area (Å²) < 4.78 is 0. The van der Waals surface area contributed by atoms with Gasteiger partial charge >= 0.3 is 0 Å². The van der Waals surface area contributed by atoms with Crippen molar-refractivity contribution in [1.82, 2.24) is 0 Å². The van der Waals surface area contributed by atoms with Gasteiger partial charge in [-0.1, -0.05) is 24.3 Å². The smallest absolute Gasteiger partial charge is 0.0251 e. The van der Waals surface area contributed by atoms with Crippen LogP contribution in [0, 0.1) is 6.42 Å². The number of hydrogen-bond donors (Lipinski definition) is 0. The van der Waals surface area contributed by atoms with Crippen molar-refractivity contribution in [3.63, 3.8) is 0 Å². The lowest BCUT2D eigenvalue weighted by molar-refractivity contribution is 0.870. The van der Waals surface area contributed by atoms with Crippen LogP contribution >= 0.6 is 0 Å². The van der Waals surface area contributed by atoms with Crippen LogP contribution in [0.2, 0.25) is 0 Å². The summed E-state index contributed by atoms with van der Waals surface area (Å²) in [7, 11) is 0. The zero-order valence-electron chi connectivity index (χ0n) is 5.06. The van der Waals surface area contributed by atoms with E-state index in [4.69, 9.17) is 0 Å². The third-order valence-corrected chi connectivity index (χ3v) is 1.42. The average molecular weight is 107 g/mol. The van der Waals surface area contributed by atoms with E-state index in [2.05, 4.69) is 19.1 Å². The predicted molar refractivity (Wildman–Crippen MR) is 36.4 cm³/mol. The third kappa shape index (κ3) is 1.22. The van der Waals surface area contributed by atoms with Crippen molar-refractivity contribution >= 4 is 0 Å². The van der Waals surface area contributed by atoms with Crippen LogP contribution in [0.1, 0.15) is 19.3 Å². The molecule has 1 aliphatic rings. The Morgan fingerprint density at radius 3 is 2.75 bits per heavy atom. The summed E-state index contributed by atoms with van der Waals surface area (Å²) in [5, 5.41) is 0. The second-order valence-electron chi connectivity index (χ2n) is 2.05. The van der Waals surface area contributed by atoms with Gasteiger partial charge in [0.15, 0.2) is 0 Å². The van der Waals surface area contributed by atoms with Crippen molar-refractivity contribution in [2.24, 2.45) is 0 Å². The molecule has 0 amide bonds. The first-order valence-electron chi connectivity index (χ1n) is 3.06. The Labute approximate surface area is 50.9 Å². The second kappa shape index (κ2) is 2.71. The third-order valence-electron chi connectivity index (χ3n) is 1.42. The van der Waals surface area contributed by atoms with E-state index in [9.17, 15) is 0 Å². The minimum atomic E-state index is 1.13. The molecule has 0 fully saturated rings. The molecule has 0 nitrogen and oxygen atoms in total. The van der Waals surface area contributed by atoms with Gasteiger partial charge in [-0.05, 0) is 25.7 Å². The highest BCUT2D eigenvalue weighted by Crippen LogP contribution is 2.15. The van der Waals surface area contributed by atoms with Crippen LogP contribution in [0.15, 0.2) is 24.3 Å². The molecule has 0 saturated heterocycles. The molecule has 0 aliphatic heterocycles. The molecular weight excluding hydrogens is 96.1 g/mol. The van der Waals surface area contributed by atoms with E-state index in [-0.39, 0.29) is 0 Å². The molecule has 0 unspecified atom stereocenters. The van der Waals surface area contributed by atoms with Crippen LogP contribution < -0.4 is 0 Å². The highest BCUT2D eigenvalue weighted by Gasteiger charge is 1.97. The minimum Gasteiger partial charge on any atom is -0.0988 e. The topological polar surface area (TPSA) is 0 Å². The van der Waals surface area contributed by atoms with Crippen LogP contribution in [0.3, 0.4) is 0 Å². The van der Waals surface area contributed by atoms with Crippen LogP contribution in [-0.2, 0) is 0 Å². The van der Waals surface area contributed by atoms with Gasteiger partial charge in [0.2, 0.25) is 0 Å². The van der Waals surface area contributed by atoms with Gasteiger partial charge < -0.3 is 0 Å². The number of hydrogen-bond acceptors (Lipinski definition) is 0. The van der Waals surface area contributed by atoms with Crippen LogP contribution in [0.4, 0.5) is 0 Å². The van der Waals surface area contributed by atoms with Crippen molar-refractivity contribution in [3.8, 4) is 0 Å². The quantitative estimate of drug-likeness (QED) is 0.483. The summed E-state index contributed by atoms with van der Waals surface area (Å²) in [6.45, 7) is 3.70. The van der Waals surface area contributed by atoms with Gasteiger partial charge in [-0.2, -0.15) is 0 Å². The first-order valence-corrected chi connectivity index (χ1v) is 3.06. The van der Waals surface area contributed by atoms with Crippen molar-refractivity contribution < 1.29 is 0 Å². The molecule has 0 heterocycles. The molecule has 0 aromatic rings. The van der Waals surface area contributed by atoms with Gasteiger partial charge in [0.25, 0.3) is 0 Å². The molecule has 0 atom stereocenters. The normalized spacial score (nSPS) is 19.8. The predicted octanol–water partition coefficient (Wildman–Crippen LogP) is 2.49. The van der Waals surface area contributed by atoms with Gasteiger partial charge in [0, 0.05) is 0 Å². The van der Waals surface area contributed by atoms with E-state index in [1.807, 2.05) is 6.08 Å². The maximum absolute atomic E-state index is 3.70. The van der Waals surface area contributed by atoms with Crippen LogP contribution in [0.25, 0.3) is 0 Å². The molecule has 0 aromatic carbocycles. The Balaban J connectivity index is 2.49. The number of rotatable bonds is 1. The largest absolute Gasteiger partial charge is 0.0988 e. The van der Waals surface area contributed by atoms with Crippen molar-refractivity contribution in [3.05, 3.63) is 30.7 Å². The summed E-state index contributed by atoms with van der Waals surface area (Å²) in [5.41, 5.74) is 1.39. The van der Waals surface area contributed by atoms with Gasteiger partial charge in [0.1, 0.15) is 0 Å². The van der Waals surface area contributed by atoms with Gasteiger partial charge in [-0.15, -0.1) is 0 Å². The summed E-state index contributed by atoms with van der Waals surface area (Å²) in [5.74, 6) is 0. The molecule has 1 aliphatic carbocycles. The summed E-state index contributed by atoms with van der Waals surface area (Å²) in [6, 6.07) is 0. The molecule has 0 aromatic heterocycles. The average Bonchev–Trinajstić information content (AvgIpc) is 1.90. The molecule has 0 spiro atoms. The molecular formula is C8H11. The van der Waals surface area contributed by atoms with E-state index < -0.39 is 0 Å². The molecule has 1 rings (SSSR count). The Morgan fingerprint density at radius 1 is 1.50 bits per heavy atom. The van der Waals surface area contributed by atoms with E-state index in [0.717, 1.165) is 6.42 Å². The zero-order valence-corrected chi connectivity index (χ0v) is 5.06. The SMILES string of the molecule is C=CC1=CCC[CH]C1.